The van der Waals surface area contributed by atoms with Crippen LogP contribution in [0.15, 0.2) is 23.2 Å². The summed E-state index contributed by atoms with van der Waals surface area (Å²) in [5.41, 5.74) is 0.996. The first kappa shape index (κ1) is 20.9. The van der Waals surface area contributed by atoms with Crippen LogP contribution in [-0.4, -0.2) is 61.7 Å². The van der Waals surface area contributed by atoms with Crippen molar-refractivity contribution < 1.29 is 0 Å². The summed E-state index contributed by atoms with van der Waals surface area (Å²) in [7, 11) is 4.03. The average molecular weight is 387 g/mol. The number of piperidine rings is 1. The van der Waals surface area contributed by atoms with Gasteiger partial charge in [0.1, 0.15) is 5.82 Å². The van der Waals surface area contributed by atoms with E-state index < -0.39 is 0 Å². The number of likely N-dealkylation sites (tertiary alicyclic amines) is 1. The van der Waals surface area contributed by atoms with Crippen LogP contribution in [0.4, 0.5) is 5.82 Å². The van der Waals surface area contributed by atoms with Crippen molar-refractivity contribution in [3.05, 3.63) is 23.9 Å². The summed E-state index contributed by atoms with van der Waals surface area (Å²) in [6.07, 6.45) is 9.50. The van der Waals surface area contributed by atoms with Gasteiger partial charge in [0.2, 0.25) is 0 Å². The summed E-state index contributed by atoms with van der Waals surface area (Å²) in [5.74, 6) is 1.89. The fourth-order valence-corrected chi connectivity index (χ4v) is 4.38. The number of aliphatic imine (C=N–C) groups is 1. The molecule has 2 N–H and O–H groups in total. The standard InChI is InChI=1S/C22H38N6/c1-4-23-22(24-16-18-10-8-14-21(25-18)27(2)3)26-19-11-9-15-28(17-19)20-12-6-5-7-13-20/h8,10,14,19-20H,4-7,9,11-13,15-17H2,1-3H3,(H2,23,24,26). The molecule has 0 spiro atoms. The Morgan fingerprint density at radius 2 is 2.00 bits per heavy atom. The van der Waals surface area contributed by atoms with Crippen molar-refractivity contribution in [3.8, 4) is 0 Å². The van der Waals surface area contributed by atoms with Crippen LogP contribution in [0, 0.1) is 0 Å². The number of anilines is 1. The number of hydrogen-bond acceptors (Lipinski definition) is 4. The maximum absolute atomic E-state index is 4.81. The summed E-state index contributed by atoms with van der Waals surface area (Å²) in [5, 5.41) is 7.11. The number of pyridine rings is 1. The van der Waals surface area contributed by atoms with Gasteiger partial charge in [-0.2, -0.15) is 0 Å². The van der Waals surface area contributed by atoms with Gasteiger partial charge < -0.3 is 15.5 Å². The van der Waals surface area contributed by atoms with Crippen molar-refractivity contribution in [2.45, 2.75) is 70.5 Å². The molecule has 0 radical (unpaired) electrons. The van der Waals surface area contributed by atoms with Crippen LogP contribution in [0.25, 0.3) is 0 Å². The van der Waals surface area contributed by atoms with Crippen molar-refractivity contribution in [2.24, 2.45) is 4.99 Å². The Labute approximate surface area is 170 Å². The Hall–Kier alpha value is -1.82. The predicted molar refractivity (Wildman–Crippen MR) is 118 cm³/mol. The molecule has 2 fully saturated rings. The molecule has 1 atom stereocenters. The average Bonchev–Trinajstić information content (AvgIpc) is 2.73. The van der Waals surface area contributed by atoms with Crippen LogP contribution in [0.1, 0.15) is 57.6 Å². The largest absolute Gasteiger partial charge is 0.363 e. The van der Waals surface area contributed by atoms with Gasteiger partial charge in [-0.1, -0.05) is 25.3 Å². The van der Waals surface area contributed by atoms with Gasteiger partial charge in [-0.3, -0.25) is 4.90 Å². The lowest BCUT2D eigenvalue weighted by molar-refractivity contribution is 0.115. The van der Waals surface area contributed by atoms with Crippen LogP contribution >= 0.6 is 0 Å². The van der Waals surface area contributed by atoms with E-state index in [1.807, 2.05) is 31.1 Å². The summed E-state index contributed by atoms with van der Waals surface area (Å²) >= 11 is 0. The Balaban J connectivity index is 1.58. The van der Waals surface area contributed by atoms with Crippen molar-refractivity contribution >= 4 is 11.8 Å². The second kappa shape index (κ2) is 10.6. The molecular formula is C22H38N6. The van der Waals surface area contributed by atoms with E-state index in [0.29, 0.717) is 12.6 Å². The summed E-state index contributed by atoms with van der Waals surface area (Å²) in [6, 6.07) is 7.41. The molecule has 1 aromatic heterocycles. The summed E-state index contributed by atoms with van der Waals surface area (Å²) < 4.78 is 0. The van der Waals surface area contributed by atoms with E-state index in [1.165, 1.54) is 51.5 Å². The van der Waals surface area contributed by atoms with Gasteiger partial charge in [-0.05, 0) is 51.3 Å². The van der Waals surface area contributed by atoms with Gasteiger partial charge >= 0.3 is 0 Å². The molecule has 1 unspecified atom stereocenters. The van der Waals surface area contributed by atoms with Crippen molar-refractivity contribution in [3.63, 3.8) is 0 Å². The van der Waals surface area contributed by atoms with Crippen LogP contribution in [0.5, 0.6) is 0 Å². The van der Waals surface area contributed by atoms with E-state index in [9.17, 15) is 0 Å². The quantitative estimate of drug-likeness (QED) is 0.581. The van der Waals surface area contributed by atoms with Gasteiger partial charge in [0.25, 0.3) is 0 Å². The predicted octanol–water partition coefficient (Wildman–Crippen LogP) is 3.00. The molecular weight excluding hydrogens is 348 g/mol. The molecule has 0 amide bonds. The molecule has 2 aliphatic rings. The van der Waals surface area contributed by atoms with Crippen molar-refractivity contribution in [2.75, 3.05) is 38.6 Å². The molecule has 1 aliphatic carbocycles. The zero-order valence-electron chi connectivity index (χ0n) is 18.0. The molecule has 6 nitrogen and oxygen atoms in total. The maximum atomic E-state index is 4.81. The first-order valence-electron chi connectivity index (χ1n) is 11.1. The number of nitrogens with one attached hydrogen (secondary N) is 2. The second-order valence-corrected chi connectivity index (χ2v) is 8.35. The normalized spacial score (nSPS) is 22.1. The highest BCUT2D eigenvalue weighted by molar-refractivity contribution is 5.80. The van der Waals surface area contributed by atoms with E-state index in [2.05, 4.69) is 33.5 Å². The Kier molecular flexibility index (Phi) is 7.95. The molecule has 0 bridgehead atoms. The second-order valence-electron chi connectivity index (χ2n) is 8.35. The Bertz CT molecular complexity index is 623. The van der Waals surface area contributed by atoms with E-state index in [-0.39, 0.29) is 0 Å². The number of aromatic nitrogens is 1. The highest BCUT2D eigenvalue weighted by Gasteiger charge is 2.27. The lowest BCUT2D eigenvalue weighted by Gasteiger charge is -2.40. The Morgan fingerprint density at radius 3 is 2.75 bits per heavy atom. The van der Waals surface area contributed by atoms with E-state index in [4.69, 9.17) is 4.99 Å². The van der Waals surface area contributed by atoms with Crippen LogP contribution in [0.2, 0.25) is 0 Å². The van der Waals surface area contributed by atoms with Gasteiger partial charge in [-0.15, -0.1) is 0 Å². The summed E-state index contributed by atoms with van der Waals surface area (Å²) in [4.78, 5) is 14.2. The number of rotatable bonds is 6. The minimum atomic E-state index is 0.481. The monoisotopic (exact) mass is 386 g/mol. The number of hydrogen-bond donors (Lipinski definition) is 2. The highest BCUT2D eigenvalue weighted by Crippen LogP contribution is 2.25. The zero-order chi connectivity index (χ0) is 19.8. The van der Waals surface area contributed by atoms with Crippen LogP contribution in [-0.2, 0) is 6.54 Å². The van der Waals surface area contributed by atoms with Crippen LogP contribution < -0.4 is 15.5 Å². The third-order valence-corrected chi connectivity index (χ3v) is 5.88. The third-order valence-electron chi connectivity index (χ3n) is 5.88. The fourth-order valence-electron chi connectivity index (χ4n) is 4.38. The first-order valence-corrected chi connectivity index (χ1v) is 11.1. The van der Waals surface area contributed by atoms with Crippen molar-refractivity contribution in [1.82, 2.24) is 20.5 Å². The van der Waals surface area contributed by atoms with Gasteiger partial charge in [-0.25, -0.2) is 9.98 Å². The third kappa shape index (κ3) is 6.09. The SMILES string of the molecule is CCNC(=NCc1cccc(N(C)C)n1)NC1CCCN(C2CCCCC2)C1. The topological polar surface area (TPSA) is 55.8 Å². The molecule has 1 saturated heterocycles. The van der Waals surface area contributed by atoms with Crippen LogP contribution in [0.3, 0.4) is 0 Å². The molecule has 1 aromatic rings. The molecule has 1 aliphatic heterocycles. The maximum Gasteiger partial charge on any atom is 0.191 e. The zero-order valence-corrected chi connectivity index (χ0v) is 18.0. The number of nitrogens with zero attached hydrogens (tertiary/aromatic N) is 4. The number of guanidine groups is 1. The highest BCUT2D eigenvalue weighted by atomic mass is 15.2. The molecule has 28 heavy (non-hydrogen) atoms. The lowest BCUT2D eigenvalue weighted by Crippen LogP contribution is -2.53. The lowest BCUT2D eigenvalue weighted by atomic mass is 9.92. The Morgan fingerprint density at radius 1 is 1.18 bits per heavy atom. The molecule has 156 valence electrons. The molecule has 0 aromatic carbocycles. The van der Waals surface area contributed by atoms with Gasteiger partial charge in [0.15, 0.2) is 5.96 Å². The summed E-state index contributed by atoms with van der Waals surface area (Å²) in [6.45, 7) is 5.99. The van der Waals surface area contributed by atoms with E-state index in [1.54, 1.807) is 0 Å². The van der Waals surface area contributed by atoms with E-state index in [0.717, 1.165) is 36.6 Å². The molecule has 2 heterocycles. The fraction of sp³-hybridized carbons (Fsp3) is 0.727. The van der Waals surface area contributed by atoms with Crippen molar-refractivity contribution in [1.29, 1.82) is 0 Å². The van der Waals surface area contributed by atoms with Gasteiger partial charge in [0.05, 0.1) is 12.2 Å². The minimum absolute atomic E-state index is 0.481. The molecule has 6 heteroatoms. The van der Waals surface area contributed by atoms with Gasteiger partial charge in [0, 0.05) is 39.3 Å². The molecule has 3 rings (SSSR count). The minimum Gasteiger partial charge on any atom is -0.363 e. The first-order chi connectivity index (χ1) is 13.7. The smallest absolute Gasteiger partial charge is 0.191 e. The van der Waals surface area contributed by atoms with E-state index >= 15 is 0 Å². The molecule has 1 saturated carbocycles.